The Morgan fingerprint density at radius 3 is 2.89 bits per heavy atom. The van der Waals surface area contributed by atoms with E-state index in [0.29, 0.717) is 18.9 Å². The fourth-order valence-corrected chi connectivity index (χ4v) is 3.42. The number of aromatic amines is 1. The summed E-state index contributed by atoms with van der Waals surface area (Å²) in [6.07, 6.45) is 0.180. The lowest BCUT2D eigenvalue weighted by Gasteiger charge is -2.15. The van der Waals surface area contributed by atoms with Crippen LogP contribution in [0.5, 0.6) is 5.75 Å². The van der Waals surface area contributed by atoms with Crippen molar-refractivity contribution in [2.24, 2.45) is 5.92 Å². The van der Waals surface area contributed by atoms with Crippen molar-refractivity contribution in [3.05, 3.63) is 54.1 Å². The van der Waals surface area contributed by atoms with Crippen LogP contribution in [0.2, 0.25) is 0 Å². The lowest BCUT2D eigenvalue weighted by Crippen LogP contribution is -2.32. The van der Waals surface area contributed by atoms with Gasteiger partial charge in [-0.3, -0.25) is 19.6 Å². The summed E-state index contributed by atoms with van der Waals surface area (Å²) in [4.78, 5) is 26.7. The minimum absolute atomic E-state index is 0.0929. The molecule has 2 heterocycles. The molecule has 2 amide bonds. The molecule has 138 valence electrons. The van der Waals surface area contributed by atoms with Gasteiger partial charge >= 0.3 is 0 Å². The predicted molar refractivity (Wildman–Crippen MR) is 101 cm³/mol. The Kier molecular flexibility index (Phi) is 4.50. The maximum Gasteiger partial charge on any atom is 0.229 e. The van der Waals surface area contributed by atoms with Gasteiger partial charge < -0.3 is 10.1 Å². The molecule has 7 nitrogen and oxygen atoms in total. The molecule has 4 rings (SSSR count). The molecule has 0 aliphatic carbocycles. The molecule has 1 aromatic heterocycles. The van der Waals surface area contributed by atoms with Gasteiger partial charge in [0.15, 0.2) is 5.82 Å². The third-order valence-corrected chi connectivity index (χ3v) is 4.85. The number of benzene rings is 2. The molecule has 1 atom stereocenters. The third-order valence-electron chi connectivity index (χ3n) is 4.85. The molecule has 2 N–H and O–H groups in total. The standard InChI is InChI=1S/C20H20N4O3/c1-27-17-9-5-2-6-13(17)11-21-20(26)14-10-18(25)24(12-14)19-15-7-3-4-8-16(15)22-23-19/h2-9,14H,10-12H2,1H3,(H,21,26)(H,22,23)/t14-/m0/s1. The van der Waals surface area contributed by atoms with Crippen LogP contribution in [-0.4, -0.2) is 35.7 Å². The second-order valence-corrected chi connectivity index (χ2v) is 6.53. The summed E-state index contributed by atoms with van der Waals surface area (Å²) in [6, 6.07) is 15.2. The molecule has 2 aromatic carbocycles. The van der Waals surface area contributed by atoms with E-state index in [4.69, 9.17) is 4.74 Å². The monoisotopic (exact) mass is 364 g/mol. The number of nitrogens with zero attached hydrogens (tertiary/aromatic N) is 2. The molecule has 3 aromatic rings. The van der Waals surface area contributed by atoms with E-state index in [1.54, 1.807) is 12.0 Å². The number of aromatic nitrogens is 2. The van der Waals surface area contributed by atoms with Crippen molar-refractivity contribution >= 4 is 28.5 Å². The molecule has 0 spiro atoms. The van der Waals surface area contributed by atoms with Crippen molar-refractivity contribution in [2.45, 2.75) is 13.0 Å². The van der Waals surface area contributed by atoms with Gasteiger partial charge in [-0.25, -0.2) is 0 Å². The zero-order chi connectivity index (χ0) is 18.8. The Morgan fingerprint density at radius 1 is 1.26 bits per heavy atom. The first-order chi connectivity index (χ1) is 13.2. The highest BCUT2D eigenvalue weighted by atomic mass is 16.5. The number of fused-ring (bicyclic) bond motifs is 1. The first kappa shape index (κ1) is 17.1. The van der Waals surface area contributed by atoms with Crippen LogP contribution >= 0.6 is 0 Å². The van der Waals surface area contributed by atoms with Gasteiger partial charge in [-0.1, -0.05) is 30.3 Å². The first-order valence-corrected chi connectivity index (χ1v) is 8.80. The molecule has 1 aliphatic rings. The van der Waals surface area contributed by atoms with Crippen molar-refractivity contribution in [1.82, 2.24) is 15.5 Å². The zero-order valence-electron chi connectivity index (χ0n) is 14.9. The van der Waals surface area contributed by atoms with Gasteiger partial charge in [0.2, 0.25) is 11.8 Å². The van der Waals surface area contributed by atoms with Crippen LogP contribution in [0.1, 0.15) is 12.0 Å². The SMILES string of the molecule is COc1ccccc1CNC(=O)[C@H]1CC(=O)N(c2n[nH]c3ccccc23)C1. The van der Waals surface area contributed by atoms with Crippen molar-refractivity contribution in [1.29, 1.82) is 0 Å². The molecular weight excluding hydrogens is 344 g/mol. The summed E-state index contributed by atoms with van der Waals surface area (Å²) in [5.74, 6) is 0.671. The molecule has 0 unspecified atom stereocenters. The Morgan fingerprint density at radius 2 is 2.04 bits per heavy atom. The van der Waals surface area contributed by atoms with E-state index < -0.39 is 5.92 Å². The number of nitrogens with one attached hydrogen (secondary N) is 2. The van der Waals surface area contributed by atoms with E-state index in [1.807, 2.05) is 48.5 Å². The molecule has 27 heavy (non-hydrogen) atoms. The number of anilines is 1. The molecule has 0 radical (unpaired) electrons. The summed E-state index contributed by atoms with van der Waals surface area (Å²) in [6.45, 7) is 0.685. The van der Waals surface area contributed by atoms with Crippen molar-refractivity contribution in [3.63, 3.8) is 0 Å². The van der Waals surface area contributed by atoms with Gasteiger partial charge in [0.05, 0.1) is 18.5 Å². The molecule has 0 bridgehead atoms. The number of hydrogen-bond acceptors (Lipinski definition) is 4. The number of carbonyl (C=O) groups excluding carboxylic acids is 2. The topological polar surface area (TPSA) is 87.3 Å². The van der Waals surface area contributed by atoms with Crippen molar-refractivity contribution in [3.8, 4) is 5.75 Å². The Bertz CT molecular complexity index is 998. The van der Waals surface area contributed by atoms with Crippen LogP contribution in [0.3, 0.4) is 0 Å². The van der Waals surface area contributed by atoms with Crippen LogP contribution in [0.4, 0.5) is 5.82 Å². The van der Waals surface area contributed by atoms with Gasteiger partial charge in [-0.15, -0.1) is 0 Å². The lowest BCUT2D eigenvalue weighted by molar-refractivity contribution is -0.126. The van der Waals surface area contributed by atoms with Crippen LogP contribution in [-0.2, 0) is 16.1 Å². The number of rotatable bonds is 5. The van der Waals surface area contributed by atoms with E-state index in [9.17, 15) is 9.59 Å². The van der Waals surface area contributed by atoms with Crippen LogP contribution in [0.25, 0.3) is 10.9 Å². The normalized spacial score (nSPS) is 16.7. The third kappa shape index (κ3) is 3.23. The quantitative estimate of drug-likeness (QED) is 0.727. The van der Waals surface area contributed by atoms with Crippen LogP contribution in [0, 0.1) is 5.92 Å². The van der Waals surface area contributed by atoms with E-state index in [0.717, 1.165) is 22.2 Å². The summed E-state index contributed by atoms with van der Waals surface area (Å²) in [7, 11) is 1.60. The van der Waals surface area contributed by atoms with Gasteiger partial charge in [-0.05, 0) is 18.2 Å². The first-order valence-electron chi connectivity index (χ1n) is 8.80. The fourth-order valence-electron chi connectivity index (χ4n) is 3.42. The highest BCUT2D eigenvalue weighted by Crippen LogP contribution is 2.29. The van der Waals surface area contributed by atoms with Crippen LogP contribution < -0.4 is 15.0 Å². The average molecular weight is 364 g/mol. The smallest absolute Gasteiger partial charge is 0.229 e. The van der Waals surface area contributed by atoms with E-state index in [2.05, 4.69) is 15.5 Å². The van der Waals surface area contributed by atoms with Gasteiger partial charge in [0.25, 0.3) is 0 Å². The van der Waals surface area contributed by atoms with Crippen molar-refractivity contribution < 1.29 is 14.3 Å². The maximum atomic E-state index is 12.6. The molecule has 1 aliphatic heterocycles. The molecular formula is C20H20N4O3. The number of amides is 2. The minimum Gasteiger partial charge on any atom is -0.496 e. The Labute approximate surface area is 156 Å². The zero-order valence-corrected chi connectivity index (χ0v) is 14.9. The van der Waals surface area contributed by atoms with Gasteiger partial charge in [0.1, 0.15) is 5.75 Å². The molecule has 7 heteroatoms. The fraction of sp³-hybridized carbons (Fsp3) is 0.250. The van der Waals surface area contributed by atoms with E-state index >= 15 is 0 Å². The summed E-state index contributed by atoms with van der Waals surface area (Å²) >= 11 is 0. The van der Waals surface area contributed by atoms with Gasteiger partial charge in [-0.2, -0.15) is 5.10 Å². The molecule has 1 fully saturated rings. The Hall–Kier alpha value is -3.35. The summed E-state index contributed by atoms with van der Waals surface area (Å²) < 4.78 is 5.30. The average Bonchev–Trinajstić information content (AvgIpc) is 3.29. The highest BCUT2D eigenvalue weighted by molar-refractivity contribution is 6.05. The van der Waals surface area contributed by atoms with E-state index in [-0.39, 0.29) is 18.2 Å². The van der Waals surface area contributed by atoms with Crippen LogP contribution in [0.15, 0.2) is 48.5 Å². The second kappa shape index (κ2) is 7.11. The summed E-state index contributed by atoms with van der Waals surface area (Å²) in [5, 5.41) is 11.0. The van der Waals surface area contributed by atoms with Crippen molar-refractivity contribution in [2.75, 3.05) is 18.6 Å². The number of methoxy groups -OCH3 is 1. The lowest BCUT2D eigenvalue weighted by atomic mass is 10.1. The molecule has 0 saturated carbocycles. The number of ether oxygens (including phenoxy) is 1. The second-order valence-electron chi connectivity index (χ2n) is 6.53. The predicted octanol–water partition coefficient (Wildman–Crippen LogP) is 2.24. The maximum absolute atomic E-state index is 12.6. The largest absolute Gasteiger partial charge is 0.496 e. The molecule has 1 saturated heterocycles. The number of carbonyl (C=O) groups is 2. The minimum atomic E-state index is -0.400. The number of hydrogen-bond donors (Lipinski definition) is 2. The van der Waals surface area contributed by atoms with E-state index in [1.165, 1.54) is 0 Å². The summed E-state index contributed by atoms with van der Waals surface area (Å²) in [5.41, 5.74) is 1.76. The number of para-hydroxylation sites is 2. The number of H-pyrrole nitrogens is 1. The highest BCUT2D eigenvalue weighted by Gasteiger charge is 2.36. The Balaban J connectivity index is 1.45. The van der Waals surface area contributed by atoms with Gasteiger partial charge in [0, 0.05) is 30.5 Å².